The number of aliphatic carboxylic acids is 1. The zero-order valence-electron chi connectivity index (χ0n) is 14.3. The summed E-state index contributed by atoms with van der Waals surface area (Å²) in [5.74, 6) is -0.751. The number of aromatic nitrogens is 2. The SMILES string of the molecule is CCCN(CCC)C(Cc1cccc2c1ncn2CC)C(=O)O. The van der Waals surface area contributed by atoms with Crippen molar-refractivity contribution in [3.8, 4) is 0 Å². The van der Waals surface area contributed by atoms with Crippen molar-refractivity contribution in [2.24, 2.45) is 0 Å². The molecule has 0 aliphatic heterocycles. The third-order valence-electron chi connectivity index (χ3n) is 4.24. The number of benzene rings is 1. The molecule has 1 aromatic heterocycles. The Morgan fingerprint density at radius 3 is 2.52 bits per heavy atom. The Labute approximate surface area is 137 Å². The van der Waals surface area contributed by atoms with Crippen molar-refractivity contribution in [3.63, 3.8) is 0 Å². The number of carboxylic acids is 1. The normalized spacial score (nSPS) is 12.9. The molecule has 126 valence electrons. The Hall–Kier alpha value is -1.88. The summed E-state index contributed by atoms with van der Waals surface area (Å²) in [5.41, 5.74) is 3.01. The largest absolute Gasteiger partial charge is 0.480 e. The summed E-state index contributed by atoms with van der Waals surface area (Å²) < 4.78 is 2.09. The zero-order valence-corrected chi connectivity index (χ0v) is 14.3. The molecule has 0 fully saturated rings. The van der Waals surface area contributed by atoms with Crippen molar-refractivity contribution in [2.75, 3.05) is 13.1 Å². The predicted octanol–water partition coefficient (Wildman–Crippen LogP) is 3.17. The van der Waals surface area contributed by atoms with Crippen molar-refractivity contribution >= 4 is 17.0 Å². The van der Waals surface area contributed by atoms with E-state index in [0.717, 1.165) is 49.1 Å². The van der Waals surface area contributed by atoms with Gasteiger partial charge in [0.15, 0.2) is 0 Å². The molecule has 0 amide bonds. The Morgan fingerprint density at radius 2 is 1.96 bits per heavy atom. The maximum absolute atomic E-state index is 11.8. The Kier molecular flexibility index (Phi) is 6.16. The summed E-state index contributed by atoms with van der Waals surface area (Å²) in [5, 5.41) is 9.71. The first-order valence-electron chi connectivity index (χ1n) is 8.51. The van der Waals surface area contributed by atoms with Gasteiger partial charge in [0, 0.05) is 13.0 Å². The van der Waals surface area contributed by atoms with Crippen molar-refractivity contribution in [1.29, 1.82) is 0 Å². The van der Waals surface area contributed by atoms with Crippen LogP contribution >= 0.6 is 0 Å². The maximum atomic E-state index is 11.8. The number of nitrogens with zero attached hydrogens (tertiary/aromatic N) is 3. The van der Waals surface area contributed by atoms with Crippen LogP contribution in [0.4, 0.5) is 0 Å². The molecule has 5 heteroatoms. The second-order valence-corrected chi connectivity index (χ2v) is 5.91. The number of fused-ring (bicyclic) bond motifs is 1. The topological polar surface area (TPSA) is 58.4 Å². The molecule has 23 heavy (non-hydrogen) atoms. The molecule has 0 spiro atoms. The molecule has 0 saturated heterocycles. The molecule has 2 aromatic rings. The lowest BCUT2D eigenvalue weighted by Crippen LogP contribution is -2.43. The summed E-state index contributed by atoms with van der Waals surface area (Å²) in [6.45, 7) is 8.74. The molecule has 0 saturated carbocycles. The summed E-state index contributed by atoms with van der Waals surface area (Å²) in [4.78, 5) is 18.4. The highest BCUT2D eigenvalue weighted by Gasteiger charge is 2.25. The Morgan fingerprint density at radius 1 is 1.26 bits per heavy atom. The van der Waals surface area contributed by atoms with E-state index in [1.807, 2.05) is 24.5 Å². The molecule has 0 aliphatic rings. The van der Waals surface area contributed by atoms with E-state index in [2.05, 4.69) is 35.2 Å². The summed E-state index contributed by atoms with van der Waals surface area (Å²) in [6.07, 6.45) is 4.24. The Bertz CT molecular complexity index is 645. The van der Waals surface area contributed by atoms with Crippen LogP contribution in [0, 0.1) is 0 Å². The van der Waals surface area contributed by atoms with Crippen molar-refractivity contribution in [3.05, 3.63) is 30.1 Å². The lowest BCUT2D eigenvalue weighted by molar-refractivity contribution is -0.143. The van der Waals surface area contributed by atoms with E-state index in [0.29, 0.717) is 6.42 Å². The second-order valence-electron chi connectivity index (χ2n) is 5.91. The fourth-order valence-corrected chi connectivity index (χ4v) is 3.14. The standard InChI is InChI=1S/C18H27N3O2/c1-4-10-21(11-5-2)16(18(22)23)12-14-8-7-9-15-17(14)19-13-20(15)6-3/h7-9,13,16H,4-6,10-12H2,1-3H3,(H,22,23). The van der Waals surface area contributed by atoms with E-state index < -0.39 is 12.0 Å². The highest BCUT2D eigenvalue weighted by atomic mass is 16.4. The van der Waals surface area contributed by atoms with Gasteiger partial charge in [-0.2, -0.15) is 0 Å². The van der Waals surface area contributed by atoms with E-state index in [9.17, 15) is 9.90 Å². The molecule has 5 nitrogen and oxygen atoms in total. The third-order valence-corrected chi connectivity index (χ3v) is 4.24. The van der Waals surface area contributed by atoms with Gasteiger partial charge in [-0.05, 0) is 44.5 Å². The first kappa shape index (κ1) is 17.5. The Balaban J connectivity index is 2.33. The summed E-state index contributed by atoms with van der Waals surface area (Å²) in [7, 11) is 0. The molecule has 1 unspecified atom stereocenters. The van der Waals surface area contributed by atoms with E-state index in [1.54, 1.807) is 0 Å². The van der Waals surface area contributed by atoms with Crippen LogP contribution in [-0.2, 0) is 17.8 Å². The van der Waals surface area contributed by atoms with Gasteiger partial charge >= 0.3 is 5.97 Å². The first-order valence-corrected chi connectivity index (χ1v) is 8.51. The highest BCUT2D eigenvalue weighted by molar-refractivity contribution is 5.81. The van der Waals surface area contributed by atoms with Crippen LogP contribution < -0.4 is 0 Å². The molecule has 0 bridgehead atoms. The van der Waals surface area contributed by atoms with E-state index in [-0.39, 0.29) is 0 Å². The number of imidazole rings is 1. The van der Waals surface area contributed by atoms with Crippen LogP contribution in [0.15, 0.2) is 24.5 Å². The quantitative estimate of drug-likeness (QED) is 0.772. The third kappa shape index (κ3) is 3.91. The summed E-state index contributed by atoms with van der Waals surface area (Å²) in [6, 6.07) is 5.55. The molecule has 2 rings (SSSR count). The molecule has 1 heterocycles. The number of rotatable bonds is 9. The van der Waals surface area contributed by atoms with E-state index >= 15 is 0 Å². The minimum atomic E-state index is -0.751. The summed E-state index contributed by atoms with van der Waals surface area (Å²) >= 11 is 0. The average molecular weight is 317 g/mol. The van der Waals surface area contributed by atoms with Gasteiger partial charge < -0.3 is 9.67 Å². The number of para-hydroxylation sites is 1. The van der Waals surface area contributed by atoms with Gasteiger partial charge in [-0.25, -0.2) is 4.98 Å². The minimum absolute atomic E-state index is 0.493. The van der Waals surface area contributed by atoms with Crippen LogP contribution in [0.25, 0.3) is 11.0 Å². The fraction of sp³-hybridized carbons (Fsp3) is 0.556. The van der Waals surface area contributed by atoms with Crippen molar-refractivity contribution < 1.29 is 9.90 Å². The first-order chi connectivity index (χ1) is 11.1. The van der Waals surface area contributed by atoms with Crippen LogP contribution in [0.2, 0.25) is 0 Å². The number of carbonyl (C=O) groups is 1. The molecular formula is C18H27N3O2. The van der Waals surface area contributed by atoms with Crippen LogP contribution in [0.3, 0.4) is 0 Å². The van der Waals surface area contributed by atoms with E-state index in [1.165, 1.54) is 0 Å². The lowest BCUT2D eigenvalue weighted by atomic mass is 10.0. The monoisotopic (exact) mass is 317 g/mol. The molecule has 0 aliphatic carbocycles. The predicted molar refractivity (Wildman–Crippen MR) is 92.7 cm³/mol. The smallest absolute Gasteiger partial charge is 0.321 e. The van der Waals surface area contributed by atoms with Gasteiger partial charge in [0.05, 0.1) is 17.4 Å². The molecular weight excluding hydrogens is 290 g/mol. The minimum Gasteiger partial charge on any atom is -0.480 e. The van der Waals surface area contributed by atoms with Gasteiger partial charge in [0.2, 0.25) is 0 Å². The molecule has 1 aromatic carbocycles. The highest BCUT2D eigenvalue weighted by Crippen LogP contribution is 2.20. The van der Waals surface area contributed by atoms with Crippen LogP contribution in [0.1, 0.15) is 39.2 Å². The van der Waals surface area contributed by atoms with Crippen LogP contribution in [0.5, 0.6) is 0 Å². The van der Waals surface area contributed by atoms with Crippen molar-refractivity contribution in [1.82, 2.24) is 14.5 Å². The lowest BCUT2D eigenvalue weighted by Gasteiger charge is -2.28. The van der Waals surface area contributed by atoms with Gasteiger partial charge in [0.25, 0.3) is 0 Å². The van der Waals surface area contributed by atoms with Gasteiger partial charge in [-0.15, -0.1) is 0 Å². The van der Waals surface area contributed by atoms with Crippen molar-refractivity contribution in [2.45, 2.75) is 52.6 Å². The zero-order chi connectivity index (χ0) is 16.8. The number of hydrogen-bond donors (Lipinski definition) is 1. The fourth-order valence-electron chi connectivity index (χ4n) is 3.14. The number of hydrogen-bond acceptors (Lipinski definition) is 3. The van der Waals surface area contributed by atoms with Gasteiger partial charge in [-0.1, -0.05) is 26.0 Å². The molecule has 0 radical (unpaired) electrons. The van der Waals surface area contributed by atoms with E-state index in [4.69, 9.17) is 0 Å². The molecule has 1 atom stereocenters. The van der Waals surface area contributed by atoms with Gasteiger partial charge in [-0.3, -0.25) is 9.69 Å². The molecule has 1 N–H and O–H groups in total. The van der Waals surface area contributed by atoms with Crippen LogP contribution in [-0.4, -0.2) is 44.7 Å². The number of aryl methyl sites for hydroxylation is 1. The number of carboxylic acid groups (broad SMARTS) is 1. The van der Waals surface area contributed by atoms with Gasteiger partial charge in [0.1, 0.15) is 6.04 Å². The second kappa shape index (κ2) is 8.11. The average Bonchev–Trinajstić information content (AvgIpc) is 2.96. The maximum Gasteiger partial charge on any atom is 0.321 e.